The molecule has 0 radical (unpaired) electrons. The number of hydrogen-bond donors (Lipinski definition) is 2. The molecule has 0 saturated heterocycles. The van der Waals surface area contributed by atoms with Crippen LogP contribution >= 0.6 is 11.8 Å². The predicted molar refractivity (Wildman–Crippen MR) is 61.3 cm³/mol. The Labute approximate surface area is 86.5 Å². The molecule has 1 atom stereocenters. The fourth-order valence-electron chi connectivity index (χ4n) is 0.944. The third-order valence-electron chi connectivity index (χ3n) is 1.57. The molecule has 0 spiro atoms. The lowest BCUT2D eigenvalue weighted by Gasteiger charge is -2.11. The van der Waals surface area contributed by atoms with Gasteiger partial charge in [-0.15, -0.1) is 0 Å². The van der Waals surface area contributed by atoms with Crippen LogP contribution in [0, 0.1) is 5.92 Å². The van der Waals surface area contributed by atoms with Gasteiger partial charge in [0, 0.05) is 12.3 Å². The van der Waals surface area contributed by atoms with E-state index in [1.54, 1.807) is 0 Å². The minimum absolute atomic E-state index is 0.185. The van der Waals surface area contributed by atoms with Crippen LogP contribution in [0.4, 0.5) is 0 Å². The van der Waals surface area contributed by atoms with Gasteiger partial charge in [-0.2, -0.15) is 11.8 Å². The summed E-state index contributed by atoms with van der Waals surface area (Å²) in [5.74, 6) is 2.72. The van der Waals surface area contributed by atoms with Crippen molar-refractivity contribution in [2.24, 2.45) is 5.92 Å². The molecule has 2 N–H and O–H groups in total. The highest BCUT2D eigenvalue weighted by Gasteiger charge is 2.03. The summed E-state index contributed by atoms with van der Waals surface area (Å²) >= 11 is 1.84. The first-order valence-electron chi connectivity index (χ1n) is 5.13. The summed E-state index contributed by atoms with van der Waals surface area (Å²) < 4.78 is 0. The van der Waals surface area contributed by atoms with Crippen molar-refractivity contribution in [3.8, 4) is 0 Å². The summed E-state index contributed by atoms with van der Waals surface area (Å²) in [6, 6.07) is 0. The first-order valence-corrected chi connectivity index (χ1v) is 6.28. The van der Waals surface area contributed by atoms with Gasteiger partial charge >= 0.3 is 0 Å². The monoisotopic (exact) mass is 205 g/mol. The Balaban J connectivity index is 3.15. The number of hydrogen-bond acceptors (Lipinski definition) is 3. The molecule has 0 rings (SSSR count). The van der Waals surface area contributed by atoms with Crippen molar-refractivity contribution in [3.63, 3.8) is 0 Å². The molecule has 2 nitrogen and oxygen atoms in total. The molecule has 0 heterocycles. The summed E-state index contributed by atoms with van der Waals surface area (Å²) in [6.45, 7) is 8.28. The van der Waals surface area contributed by atoms with Crippen LogP contribution in [0.25, 0.3) is 0 Å². The molecule has 13 heavy (non-hydrogen) atoms. The first-order chi connectivity index (χ1) is 6.16. The maximum atomic E-state index is 9.51. The van der Waals surface area contributed by atoms with E-state index in [1.807, 2.05) is 11.8 Å². The average molecular weight is 205 g/mol. The quantitative estimate of drug-likeness (QED) is 0.592. The van der Waals surface area contributed by atoms with E-state index in [0.29, 0.717) is 0 Å². The maximum absolute atomic E-state index is 9.51. The van der Waals surface area contributed by atoms with Crippen molar-refractivity contribution in [3.05, 3.63) is 0 Å². The Hall–Kier alpha value is 0.270. The van der Waals surface area contributed by atoms with Crippen LogP contribution in [0.15, 0.2) is 0 Å². The topological polar surface area (TPSA) is 32.3 Å². The Kier molecular flexibility index (Phi) is 9.03. The number of aliphatic hydroxyl groups excluding tert-OH is 1. The molecule has 0 bridgehead atoms. The van der Waals surface area contributed by atoms with Crippen LogP contribution in [0.5, 0.6) is 0 Å². The zero-order chi connectivity index (χ0) is 10.1. The summed E-state index contributed by atoms with van der Waals surface area (Å²) in [7, 11) is 0. The third-order valence-corrected chi connectivity index (χ3v) is 3.09. The second kappa shape index (κ2) is 8.85. The van der Waals surface area contributed by atoms with Crippen LogP contribution in [0.1, 0.15) is 27.2 Å². The van der Waals surface area contributed by atoms with Gasteiger partial charge < -0.3 is 10.4 Å². The number of aliphatic hydroxyl groups is 1. The summed E-state index contributed by atoms with van der Waals surface area (Å²) in [4.78, 5) is 0. The van der Waals surface area contributed by atoms with E-state index in [9.17, 15) is 5.11 Å². The van der Waals surface area contributed by atoms with E-state index in [-0.39, 0.29) is 6.10 Å². The Morgan fingerprint density at radius 1 is 1.31 bits per heavy atom. The molecule has 1 unspecified atom stereocenters. The van der Waals surface area contributed by atoms with E-state index >= 15 is 0 Å². The molecule has 0 fully saturated rings. The van der Waals surface area contributed by atoms with Crippen LogP contribution < -0.4 is 5.32 Å². The van der Waals surface area contributed by atoms with Gasteiger partial charge in [0.2, 0.25) is 0 Å². The van der Waals surface area contributed by atoms with Gasteiger partial charge in [-0.3, -0.25) is 0 Å². The van der Waals surface area contributed by atoms with E-state index in [0.717, 1.165) is 36.9 Å². The van der Waals surface area contributed by atoms with Crippen LogP contribution in [-0.2, 0) is 0 Å². The zero-order valence-corrected chi connectivity index (χ0v) is 9.86. The van der Waals surface area contributed by atoms with Gasteiger partial charge in [-0.25, -0.2) is 0 Å². The van der Waals surface area contributed by atoms with Gasteiger partial charge in [-0.05, 0) is 24.6 Å². The molecule has 3 heteroatoms. The first kappa shape index (κ1) is 13.3. The second-order valence-electron chi connectivity index (χ2n) is 3.79. The standard InChI is InChI=1S/C10H23NOS/c1-4-5-11-6-10(12)8-13-7-9(2)3/h9-12H,4-8H2,1-3H3. The molecule has 0 aromatic carbocycles. The Bertz CT molecular complexity index is 109. The molecule has 0 aliphatic rings. The van der Waals surface area contributed by atoms with Gasteiger partial charge in [0.25, 0.3) is 0 Å². The van der Waals surface area contributed by atoms with Gasteiger partial charge in [-0.1, -0.05) is 20.8 Å². The largest absolute Gasteiger partial charge is 0.391 e. The van der Waals surface area contributed by atoms with E-state index < -0.39 is 0 Å². The third kappa shape index (κ3) is 10.2. The van der Waals surface area contributed by atoms with Crippen molar-refractivity contribution in [1.82, 2.24) is 5.32 Å². The summed E-state index contributed by atoms with van der Waals surface area (Å²) in [5.41, 5.74) is 0. The minimum Gasteiger partial charge on any atom is -0.391 e. The lowest BCUT2D eigenvalue weighted by atomic mass is 10.3. The fraction of sp³-hybridized carbons (Fsp3) is 1.00. The number of nitrogens with one attached hydrogen (secondary N) is 1. The molecule has 0 aliphatic heterocycles. The van der Waals surface area contributed by atoms with Crippen molar-refractivity contribution in [2.75, 3.05) is 24.6 Å². The van der Waals surface area contributed by atoms with Crippen LogP contribution in [-0.4, -0.2) is 35.8 Å². The number of thioether (sulfide) groups is 1. The maximum Gasteiger partial charge on any atom is 0.0754 e. The second-order valence-corrected chi connectivity index (χ2v) is 4.86. The highest BCUT2D eigenvalue weighted by Crippen LogP contribution is 2.08. The molecular formula is C10H23NOS. The smallest absolute Gasteiger partial charge is 0.0754 e. The molecule has 0 aromatic rings. The lowest BCUT2D eigenvalue weighted by molar-refractivity contribution is 0.196. The van der Waals surface area contributed by atoms with E-state index in [2.05, 4.69) is 26.1 Å². The Morgan fingerprint density at radius 2 is 2.00 bits per heavy atom. The number of rotatable bonds is 8. The molecule has 0 aliphatic carbocycles. The van der Waals surface area contributed by atoms with Crippen molar-refractivity contribution in [2.45, 2.75) is 33.3 Å². The molecular weight excluding hydrogens is 182 g/mol. The Morgan fingerprint density at radius 3 is 2.54 bits per heavy atom. The average Bonchev–Trinajstić information content (AvgIpc) is 2.04. The fourth-order valence-corrected chi connectivity index (χ4v) is 1.94. The highest BCUT2D eigenvalue weighted by atomic mass is 32.2. The van der Waals surface area contributed by atoms with Crippen molar-refractivity contribution >= 4 is 11.8 Å². The molecule has 80 valence electrons. The minimum atomic E-state index is -0.185. The summed E-state index contributed by atoms with van der Waals surface area (Å²) in [6.07, 6.45) is 0.946. The van der Waals surface area contributed by atoms with Crippen molar-refractivity contribution < 1.29 is 5.11 Å². The lowest BCUT2D eigenvalue weighted by Crippen LogP contribution is -2.29. The van der Waals surface area contributed by atoms with Crippen LogP contribution in [0.2, 0.25) is 0 Å². The van der Waals surface area contributed by atoms with Gasteiger partial charge in [0.1, 0.15) is 0 Å². The van der Waals surface area contributed by atoms with E-state index in [4.69, 9.17) is 0 Å². The SMILES string of the molecule is CCCNCC(O)CSCC(C)C. The van der Waals surface area contributed by atoms with Gasteiger partial charge in [0.05, 0.1) is 6.10 Å². The molecule has 0 amide bonds. The molecule has 0 aromatic heterocycles. The predicted octanol–water partition coefficient (Wildman–Crippen LogP) is 1.74. The summed E-state index contributed by atoms with van der Waals surface area (Å²) in [5, 5.41) is 12.7. The zero-order valence-electron chi connectivity index (χ0n) is 9.05. The van der Waals surface area contributed by atoms with Gasteiger partial charge in [0.15, 0.2) is 0 Å². The molecule has 0 saturated carbocycles. The van der Waals surface area contributed by atoms with Crippen LogP contribution in [0.3, 0.4) is 0 Å². The normalized spacial score (nSPS) is 13.6. The van der Waals surface area contributed by atoms with E-state index in [1.165, 1.54) is 0 Å². The van der Waals surface area contributed by atoms with Crippen molar-refractivity contribution in [1.29, 1.82) is 0 Å². The highest BCUT2D eigenvalue weighted by molar-refractivity contribution is 7.99.